The van der Waals surface area contributed by atoms with Crippen molar-refractivity contribution in [1.82, 2.24) is 4.90 Å². The minimum absolute atomic E-state index is 0.166. The first-order valence-electron chi connectivity index (χ1n) is 5.75. The maximum Gasteiger partial charge on any atom is 0.123 e. The number of hydrogen-bond donors (Lipinski definition) is 1. The summed E-state index contributed by atoms with van der Waals surface area (Å²) in [4.78, 5) is 2.20. The van der Waals surface area contributed by atoms with E-state index in [2.05, 4.69) is 18.9 Å². The molecule has 0 saturated heterocycles. The van der Waals surface area contributed by atoms with Crippen molar-refractivity contribution in [3.63, 3.8) is 0 Å². The van der Waals surface area contributed by atoms with Gasteiger partial charge in [-0.15, -0.1) is 0 Å². The standard InChI is InChI=1S/C13H21FN2/c1-11(6-7-15)9-16(2)10-12-4-3-5-13(14)8-12/h3-5,8,11H,6-7,9-10,15H2,1-2H3. The molecule has 0 fully saturated rings. The number of halogens is 1. The molecule has 90 valence electrons. The van der Waals surface area contributed by atoms with Crippen molar-refractivity contribution < 1.29 is 4.39 Å². The number of hydrogen-bond acceptors (Lipinski definition) is 2. The summed E-state index contributed by atoms with van der Waals surface area (Å²) in [5, 5.41) is 0. The van der Waals surface area contributed by atoms with E-state index in [1.54, 1.807) is 12.1 Å². The van der Waals surface area contributed by atoms with Gasteiger partial charge in [0.1, 0.15) is 5.82 Å². The Morgan fingerprint density at radius 2 is 2.19 bits per heavy atom. The third-order valence-corrected chi connectivity index (χ3v) is 2.62. The fraction of sp³-hybridized carbons (Fsp3) is 0.538. The monoisotopic (exact) mass is 224 g/mol. The summed E-state index contributed by atoms with van der Waals surface area (Å²) in [5.41, 5.74) is 6.53. The van der Waals surface area contributed by atoms with Crippen LogP contribution >= 0.6 is 0 Å². The van der Waals surface area contributed by atoms with Crippen LogP contribution in [0.3, 0.4) is 0 Å². The Morgan fingerprint density at radius 1 is 1.44 bits per heavy atom. The molecule has 1 rings (SSSR count). The van der Waals surface area contributed by atoms with Gasteiger partial charge in [0.15, 0.2) is 0 Å². The second-order valence-electron chi connectivity index (χ2n) is 4.51. The molecule has 0 aliphatic carbocycles. The molecule has 16 heavy (non-hydrogen) atoms. The van der Waals surface area contributed by atoms with Gasteiger partial charge >= 0.3 is 0 Å². The molecular weight excluding hydrogens is 203 g/mol. The molecule has 0 spiro atoms. The third kappa shape index (κ3) is 4.73. The Kier molecular flexibility index (Phi) is 5.43. The lowest BCUT2D eigenvalue weighted by Crippen LogP contribution is -2.25. The third-order valence-electron chi connectivity index (χ3n) is 2.62. The van der Waals surface area contributed by atoms with Crippen molar-refractivity contribution in [2.24, 2.45) is 11.7 Å². The summed E-state index contributed by atoms with van der Waals surface area (Å²) in [6, 6.07) is 6.76. The molecule has 0 heterocycles. The van der Waals surface area contributed by atoms with Gasteiger partial charge in [0.05, 0.1) is 0 Å². The van der Waals surface area contributed by atoms with Gasteiger partial charge in [0.2, 0.25) is 0 Å². The molecule has 0 saturated carbocycles. The van der Waals surface area contributed by atoms with Crippen LogP contribution in [0.4, 0.5) is 4.39 Å². The maximum atomic E-state index is 13.0. The van der Waals surface area contributed by atoms with Gasteiger partial charge in [0.25, 0.3) is 0 Å². The summed E-state index contributed by atoms with van der Waals surface area (Å²) < 4.78 is 13.0. The molecule has 2 nitrogen and oxygen atoms in total. The van der Waals surface area contributed by atoms with Crippen molar-refractivity contribution in [3.05, 3.63) is 35.6 Å². The Morgan fingerprint density at radius 3 is 2.81 bits per heavy atom. The molecule has 0 amide bonds. The number of rotatable bonds is 6. The quantitative estimate of drug-likeness (QED) is 0.803. The Hall–Kier alpha value is -0.930. The molecule has 1 aromatic carbocycles. The minimum atomic E-state index is -0.166. The number of nitrogens with zero attached hydrogens (tertiary/aromatic N) is 1. The van der Waals surface area contributed by atoms with Crippen LogP contribution in [0, 0.1) is 11.7 Å². The van der Waals surface area contributed by atoms with E-state index in [0.717, 1.165) is 31.6 Å². The maximum absolute atomic E-state index is 13.0. The lowest BCUT2D eigenvalue weighted by molar-refractivity contribution is 0.272. The normalized spacial score (nSPS) is 13.1. The van der Waals surface area contributed by atoms with Crippen molar-refractivity contribution in [2.75, 3.05) is 20.1 Å². The van der Waals surface area contributed by atoms with Crippen LogP contribution in [0.15, 0.2) is 24.3 Å². The minimum Gasteiger partial charge on any atom is -0.330 e. The second-order valence-corrected chi connectivity index (χ2v) is 4.51. The van der Waals surface area contributed by atoms with Crippen LogP contribution in [0.2, 0.25) is 0 Å². The summed E-state index contributed by atoms with van der Waals surface area (Å²) >= 11 is 0. The highest BCUT2D eigenvalue weighted by atomic mass is 19.1. The average Bonchev–Trinajstić information content (AvgIpc) is 2.17. The lowest BCUT2D eigenvalue weighted by atomic mass is 10.1. The van der Waals surface area contributed by atoms with E-state index >= 15 is 0 Å². The molecule has 0 aliphatic heterocycles. The van der Waals surface area contributed by atoms with Crippen molar-refractivity contribution in [2.45, 2.75) is 19.9 Å². The van der Waals surface area contributed by atoms with E-state index in [4.69, 9.17) is 5.73 Å². The zero-order valence-electron chi connectivity index (χ0n) is 10.1. The Labute approximate surface area is 97.3 Å². The van der Waals surface area contributed by atoms with E-state index in [0.29, 0.717) is 5.92 Å². The molecule has 0 radical (unpaired) electrons. The largest absolute Gasteiger partial charge is 0.330 e. The fourth-order valence-electron chi connectivity index (χ4n) is 1.92. The molecule has 3 heteroatoms. The average molecular weight is 224 g/mol. The predicted molar refractivity (Wildman–Crippen MR) is 65.6 cm³/mol. The molecule has 1 atom stereocenters. The fourth-order valence-corrected chi connectivity index (χ4v) is 1.92. The molecular formula is C13H21FN2. The highest BCUT2D eigenvalue weighted by Crippen LogP contribution is 2.09. The summed E-state index contributed by atoms with van der Waals surface area (Å²) in [6.45, 7) is 4.70. The topological polar surface area (TPSA) is 29.3 Å². The molecule has 0 aromatic heterocycles. The summed E-state index contributed by atoms with van der Waals surface area (Å²) in [5.74, 6) is 0.421. The van der Waals surface area contributed by atoms with Gasteiger partial charge in [-0.1, -0.05) is 19.1 Å². The molecule has 0 aliphatic rings. The molecule has 0 bridgehead atoms. The summed E-state index contributed by atoms with van der Waals surface area (Å²) in [6.07, 6.45) is 1.04. The van der Waals surface area contributed by atoms with E-state index in [1.807, 2.05) is 6.07 Å². The van der Waals surface area contributed by atoms with Gasteiger partial charge in [-0.3, -0.25) is 0 Å². The molecule has 1 unspecified atom stereocenters. The molecule has 2 N–H and O–H groups in total. The molecule has 1 aromatic rings. The van der Waals surface area contributed by atoms with Gasteiger partial charge in [-0.25, -0.2) is 4.39 Å². The Bertz CT molecular complexity index is 315. The van der Waals surface area contributed by atoms with Gasteiger partial charge in [-0.2, -0.15) is 0 Å². The van der Waals surface area contributed by atoms with Crippen molar-refractivity contribution in [1.29, 1.82) is 0 Å². The van der Waals surface area contributed by atoms with Crippen LogP contribution in [0.1, 0.15) is 18.9 Å². The lowest BCUT2D eigenvalue weighted by Gasteiger charge is -2.21. The number of benzene rings is 1. The van der Waals surface area contributed by atoms with E-state index in [-0.39, 0.29) is 5.82 Å². The van der Waals surface area contributed by atoms with Crippen molar-refractivity contribution in [3.8, 4) is 0 Å². The first-order chi connectivity index (χ1) is 7.61. The second kappa shape index (κ2) is 6.61. The first kappa shape index (κ1) is 13.1. The van der Waals surface area contributed by atoms with Crippen LogP contribution in [-0.4, -0.2) is 25.0 Å². The summed E-state index contributed by atoms with van der Waals surface area (Å²) in [7, 11) is 2.05. The predicted octanol–water partition coefficient (Wildman–Crippen LogP) is 2.24. The van der Waals surface area contributed by atoms with E-state index < -0.39 is 0 Å². The van der Waals surface area contributed by atoms with Gasteiger partial charge in [-0.05, 0) is 43.6 Å². The zero-order chi connectivity index (χ0) is 12.0. The van der Waals surface area contributed by atoms with Crippen LogP contribution in [0.5, 0.6) is 0 Å². The highest BCUT2D eigenvalue weighted by Gasteiger charge is 2.06. The highest BCUT2D eigenvalue weighted by molar-refractivity contribution is 5.15. The first-order valence-corrected chi connectivity index (χ1v) is 5.75. The van der Waals surface area contributed by atoms with Crippen molar-refractivity contribution >= 4 is 0 Å². The van der Waals surface area contributed by atoms with E-state index in [9.17, 15) is 4.39 Å². The number of nitrogens with two attached hydrogens (primary N) is 1. The van der Waals surface area contributed by atoms with E-state index in [1.165, 1.54) is 6.07 Å². The van der Waals surface area contributed by atoms with Gasteiger partial charge in [0, 0.05) is 13.1 Å². The van der Waals surface area contributed by atoms with Crippen LogP contribution in [-0.2, 0) is 6.54 Å². The van der Waals surface area contributed by atoms with Crippen LogP contribution < -0.4 is 5.73 Å². The SMILES string of the molecule is CC(CCN)CN(C)Cc1cccc(F)c1. The van der Waals surface area contributed by atoms with Gasteiger partial charge < -0.3 is 10.6 Å². The zero-order valence-corrected chi connectivity index (χ0v) is 10.1. The van der Waals surface area contributed by atoms with Crippen LogP contribution in [0.25, 0.3) is 0 Å². The Balaban J connectivity index is 2.42. The smallest absolute Gasteiger partial charge is 0.123 e.